The van der Waals surface area contributed by atoms with E-state index in [-0.39, 0.29) is 29.5 Å². The highest BCUT2D eigenvalue weighted by atomic mass is 19.1. The number of methoxy groups -OCH3 is 1. The molecule has 0 spiro atoms. The highest BCUT2D eigenvalue weighted by Crippen LogP contribution is 2.26. The smallest absolute Gasteiger partial charge is 0.220 e. The number of piperidine rings is 1. The van der Waals surface area contributed by atoms with Crippen LogP contribution in [0.3, 0.4) is 0 Å². The predicted octanol–water partition coefficient (Wildman–Crippen LogP) is 5.15. The molecular weight excluding hydrogens is 450 g/mol. The summed E-state index contributed by atoms with van der Waals surface area (Å²) in [6.45, 7) is 7.49. The molecule has 1 heterocycles. The molecule has 5 nitrogen and oxygen atoms in total. The first-order valence-electron chi connectivity index (χ1n) is 12.5. The SMILES string of the molecule is COCCOc1c(F)cccc1CCN1CCC(CC(=O)N[C@@H](c2ccc(F)cc2)C(C)C)CC1. The molecule has 1 amide bonds. The average molecular weight is 489 g/mol. The van der Waals surface area contributed by atoms with Crippen molar-refractivity contribution in [2.24, 2.45) is 11.8 Å². The Labute approximate surface area is 207 Å². The molecule has 7 heteroatoms. The minimum atomic E-state index is -0.344. The third-order valence-corrected chi connectivity index (χ3v) is 6.67. The number of ether oxygens (including phenoxy) is 2. The molecule has 1 aliphatic heterocycles. The Morgan fingerprint density at radius 2 is 1.80 bits per heavy atom. The number of benzene rings is 2. The molecule has 0 bridgehead atoms. The molecule has 3 rings (SSSR count). The number of carbonyl (C=O) groups excluding carboxylic acids is 1. The van der Waals surface area contributed by atoms with Gasteiger partial charge in [-0.25, -0.2) is 8.78 Å². The van der Waals surface area contributed by atoms with Gasteiger partial charge in [-0.2, -0.15) is 0 Å². The molecule has 35 heavy (non-hydrogen) atoms. The molecule has 0 saturated carbocycles. The van der Waals surface area contributed by atoms with Crippen LogP contribution in [0.1, 0.15) is 50.3 Å². The molecule has 1 atom stereocenters. The van der Waals surface area contributed by atoms with Gasteiger partial charge in [0, 0.05) is 20.1 Å². The second kappa shape index (κ2) is 13.5. The molecule has 2 aromatic rings. The van der Waals surface area contributed by atoms with Gasteiger partial charge in [-0.3, -0.25) is 4.79 Å². The highest BCUT2D eigenvalue weighted by Gasteiger charge is 2.24. The summed E-state index contributed by atoms with van der Waals surface area (Å²) in [5.41, 5.74) is 1.79. The second-order valence-corrected chi connectivity index (χ2v) is 9.65. The predicted molar refractivity (Wildman–Crippen MR) is 133 cm³/mol. The van der Waals surface area contributed by atoms with E-state index in [0.29, 0.717) is 37.7 Å². The first kappa shape index (κ1) is 27.1. The van der Waals surface area contributed by atoms with E-state index >= 15 is 0 Å². The van der Waals surface area contributed by atoms with E-state index in [1.54, 1.807) is 25.3 Å². The lowest BCUT2D eigenvalue weighted by Crippen LogP contribution is -2.38. The first-order valence-corrected chi connectivity index (χ1v) is 12.5. The van der Waals surface area contributed by atoms with Gasteiger partial charge in [0.2, 0.25) is 5.91 Å². The van der Waals surface area contributed by atoms with Crippen LogP contribution in [-0.4, -0.2) is 50.8 Å². The Hall–Kier alpha value is -2.51. The normalized spacial score (nSPS) is 15.8. The Balaban J connectivity index is 1.45. The van der Waals surface area contributed by atoms with Crippen LogP contribution in [0.15, 0.2) is 42.5 Å². The van der Waals surface area contributed by atoms with Crippen molar-refractivity contribution in [3.63, 3.8) is 0 Å². The van der Waals surface area contributed by atoms with Gasteiger partial charge in [-0.05, 0) is 73.5 Å². The Kier molecular flexibility index (Phi) is 10.5. The Morgan fingerprint density at radius 3 is 2.46 bits per heavy atom. The standard InChI is InChI=1S/C28H38F2N2O3/c1-20(2)27(22-7-9-24(29)10-8-22)31-26(33)19-21-11-14-32(15-12-21)16-13-23-5-4-6-25(30)28(23)35-18-17-34-3/h4-10,20-21,27H,11-19H2,1-3H3,(H,31,33)/t27-/m1/s1. The Bertz CT molecular complexity index is 928. The van der Waals surface area contributed by atoms with E-state index in [1.807, 2.05) is 6.07 Å². The topological polar surface area (TPSA) is 50.8 Å². The van der Waals surface area contributed by atoms with Gasteiger partial charge in [-0.1, -0.05) is 38.1 Å². The van der Waals surface area contributed by atoms with Crippen molar-refractivity contribution in [1.29, 1.82) is 0 Å². The number of hydrogen-bond acceptors (Lipinski definition) is 4. The van der Waals surface area contributed by atoms with Gasteiger partial charge < -0.3 is 19.7 Å². The van der Waals surface area contributed by atoms with Crippen molar-refractivity contribution >= 4 is 5.91 Å². The van der Waals surface area contributed by atoms with E-state index in [4.69, 9.17) is 9.47 Å². The van der Waals surface area contributed by atoms with E-state index in [9.17, 15) is 13.6 Å². The quantitative estimate of drug-likeness (QED) is 0.420. The summed E-state index contributed by atoms with van der Waals surface area (Å²) in [5, 5.41) is 3.16. The first-order chi connectivity index (χ1) is 16.9. The fraction of sp³-hybridized carbons (Fsp3) is 0.536. The lowest BCUT2D eigenvalue weighted by Gasteiger charge is -2.32. The van der Waals surface area contributed by atoms with E-state index < -0.39 is 0 Å². The van der Waals surface area contributed by atoms with Crippen LogP contribution in [0.5, 0.6) is 5.75 Å². The van der Waals surface area contributed by atoms with Crippen molar-refractivity contribution in [3.05, 3.63) is 65.2 Å². The van der Waals surface area contributed by atoms with Crippen LogP contribution in [0, 0.1) is 23.5 Å². The molecule has 2 aromatic carbocycles. The van der Waals surface area contributed by atoms with Crippen LogP contribution < -0.4 is 10.1 Å². The molecule has 1 N–H and O–H groups in total. The van der Waals surface area contributed by atoms with Gasteiger partial charge in [-0.15, -0.1) is 0 Å². The van der Waals surface area contributed by atoms with E-state index in [0.717, 1.165) is 43.6 Å². The number of halogens is 2. The maximum Gasteiger partial charge on any atom is 0.220 e. The molecule has 0 aliphatic carbocycles. The van der Waals surface area contributed by atoms with Crippen molar-refractivity contribution in [2.45, 2.75) is 45.6 Å². The summed E-state index contributed by atoms with van der Waals surface area (Å²) in [6, 6.07) is 11.3. The summed E-state index contributed by atoms with van der Waals surface area (Å²) >= 11 is 0. The largest absolute Gasteiger partial charge is 0.488 e. The third kappa shape index (κ3) is 8.29. The fourth-order valence-corrected chi connectivity index (χ4v) is 4.63. The van der Waals surface area contributed by atoms with Crippen LogP contribution in [0.4, 0.5) is 8.78 Å². The van der Waals surface area contributed by atoms with Gasteiger partial charge >= 0.3 is 0 Å². The summed E-state index contributed by atoms with van der Waals surface area (Å²) < 4.78 is 38.1. The van der Waals surface area contributed by atoms with Crippen molar-refractivity contribution < 1.29 is 23.0 Å². The fourth-order valence-electron chi connectivity index (χ4n) is 4.63. The number of nitrogens with one attached hydrogen (secondary N) is 1. The number of likely N-dealkylation sites (tertiary alicyclic amines) is 1. The van der Waals surface area contributed by atoms with Gasteiger partial charge in [0.25, 0.3) is 0 Å². The minimum absolute atomic E-state index is 0.0454. The molecule has 1 fully saturated rings. The highest BCUT2D eigenvalue weighted by molar-refractivity contribution is 5.76. The second-order valence-electron chi connectivity index (χ2n) is 9.65. The molecule has 0 unspecified atom stereocenters. The Morgan fingerprint density at radius 1 is 1.09 bits per heavy atom. The van der Waals surface area contributed by atoms with Crippen LogP contribution >= 0.6 is 0 Å². The average Bonchev–Trinajstić information content (AvgIpc) is 2.84. The van der Waals surface area contributed by atoms with Crippen LogP contribution in [-0.2, 0) is 16.0 Å². The number of para-hydroxylation sites is 1. The zero-order chi connectivity index (χ0) is 25.2. The maximum absolute atomic E-state index is 14.2. The summed E-state index contributed by atoms with van der Waals surface area (Å²) in [4.78, 5) is 15.1. The number of nitrogens with zero attached hydrogens (tertiary/aromatic N) is 1. The summed E-state index contributed by atoms with van der Waals surface area (Å²) in [7, 11) is 1.59. The van der Waals surface area contributed by atoms with Crippen LogP contribution in [0.2, 0.25) is 0 Å². The summed E-state index contributed by atoms with van der Waals surface area (Å²) in [5.74, 6) is 0.290. The number of carbonyl (C=O) groups is 1. The van der Waals surface area contributed by atoms with Gasteiger partial charge in [0.1, 0.15) is 12.4 Å². The zero-order valence-electron chi connectivity index (χ0n) is 21.1. The molecule has 192 valence electrons. The molecule has 1 saturated heterocycles. The maximum atomic E-state index is 14.2. The summed E-state index contributed by atoms with van der Waals surface area (Å²) in [6.07, 6.45) is 3.12. The number of rotatable bonds is 12. The lowest BCUT2D eigenvalue weighted by atomic mass is 9.91. The van der Waals surface area contributed by atoms with Crippen molar-refractivity contribution in [3.8, 4) is 5.75 Å². The van der Waals surface area contributed by atoms with Gasteiger partial charge in [0.05, 0.1) is 12.6 Å². The van der Waals surface area contributed by atoms with E-state index in [1.165, 1.54) is 18.2 Å². The lowest BCUT2D eigenvalue weighted by molar-refractivity contribution is -0.123. The van der Waals surface area contributed by atoms with Crippen molar-refractivity contribution in [2.75, 3.05) is 40.0 Å². The number of amides is 1. The van der Waals surface area contributed by atoms with E-state index in [2.05, 4.69) is 24.1 Å². The molecule has 0 aromatic heterocycles. The monoisotopic (exact) mass is 488 g/mol. The molecule has 1 aliphatic rings. The van der Waals surface area contributed by atoms with Crippen LogP contribution in [0.25, 0.3) is 0 Å². The van der Waals surface area contributed by atoms with Gasteiger partial charge in [0.15, 0.2) is 11.6 Å². The van der Waals surface area contributed by atoms with Crippen molar-refractivity contribution in [1.82, 2.24) is 10.2 Å². The third-order valence-electron chi connectivity index (χ3n) is 6.67. The molecular formula is C28H38F2N2O3. The number of hydrogen-bond donors (Lipinski definition) is 1. The zero-order valence-corrected chi connectivity index (χ0v) is 21.1. The minimum Gasteiger partial charge on any atom is -0.488 e. The molecule has 0 radical (unpaired) electrons.